The highest BCUT2D eigenvalue weighted by molar-refractivity contribution is 6.34. The Labute approximate surface area is 168 Å². The van der Waals surface area contributed by atoms with Gasteiger partial charge in [0.25, 0.3) is 6.01 Å². The Hall–Kier alpha value is -3.45. The van der Waals surface area contributed by atoms with E-state index < -0.39 is 17.6 Å². The lowest BCUT2D eigenvalue weighted by Gasteiger charge is -2.06. The number of rotatable bonds is 4. The predicted molar refractivity (Wildman–Crippen MR) is 105 cm³/mol. The molecule has 0 aliphatic heterocycles. The molecule has 1 aromatic heterocycles. The van der Waals surface area contributed by atoms with Crippen LogP contribution in [0.5, 0.6) is 11.8 Å². The van der Waals surface area contributed by atoms with Gasteiger partial charge in [-0.05, 0) is 48.9 Å². The number of hydrogen-bond acceptors (Lipinski definition) is 3. The van der Waals surface area contributed by atoms with Crippen molar-refractivity contribution < 1.29 is 23.4 Å². The van der Waals surface area contributed by atoms with Crippen LogP contribution >= 0.6 is 11.6 Å². The van der Waals surface area contributed by atoms with E-state index in [1.54, 1.807) is 31.2 Å². The number of aryl methyl sites for hydroxylation is 1. The number of fused-ring (bicyclic) bond motifs is 1. The van der Waals surface area contributed by atoms with Gasteiger partial charge in [0, 0.05) is 17.2 Å². The van der Waals surface area contributed by atoms with Gasteiger partial charge in [0.1, 0.15) is 17.4 Å². The van der Waals surface area contributed by atoms with E-state index in [0.717, 1.165) is 12.1 Å². The smallest absolute Gasteiger partial charge is 0.336 e. The van der Waals surface area contributed by atoms with Crippen LogP contribution in [0.4, 0.5) is 8.78 Å². The summed E-state index contributed by atoms with van der Waals surface area (Å²) in [6.45, 7) is 1.69. The summed E-state index contributed by atoms with van der Waals surface area (Å²) in [7, 11) is 0. The first kappa shape index (κ1) is 18.9. The van der Waals surface area contributed by atoms with Crippen molar-refractivity contribution in [3.63, 3.8) is 0 Å². The number of benzene rings is 3. The summed E-state index contributed by atoms with van der Waals surface area (Å²) >= 11 is 6.28. The second-order valence-electron chi connectivity index (χ2n) is 6.40. The molecule has 4 aromatic rings. The van der Waals surface area contributed by atoms with E-state index >= 15 is 0 Å². The van der Waals surface area contributed by atoms with Gasteiger partial charge in [-0.3, -0.25) is 0 Å². The van der Waals surface area contributed by atoms with Crippen molar-refractivity contribution >= 4 is 28.6 Å². The highest BCUT2D eigenvalue weighted by atomic mass is 35.5. The molecule has 5 nitrogen and oxygen atoms in total. The number of aromatic amines is 1. The Morgan fingerprint density at radius 3 is 2.62 bits per heavy atom. The van der Waals surface area contributed by atoms with Gasteiger partial charge in [-0.1, -0.05) is 17.7 Å². The Bertz CT molecular complexity index is 1270. The average Bonchev–Trinajstić information content (AvgIpc) is 3.03. The number of aromatic nitrogens is 2. The van der Waals surface area contributed by atoms with E-state index in [0.29, 0.717) is 27.9 Å². The molecule has 146 valence electrons. The van der Waals surface area contributed by atoms with E-state index in [-0.39, 0.29) is 22.2 Å². The minimum Gasteiger partial charge on any atom is -0.478 e. The molecule has 1 heterocycles. The maximum absolute atomic E-state index is 14.1. The summed E-state index contributed by atoms with van der Waals surface area (Å²) in [4.78, 5) is 18.5. The lowest BCUT2D eigenvalue weighted by molar-refractivity contribution is 0.0695. The number of carboxylic acid groups (broad SMARTS) is 1. The van der Waals surface area contributed by atoms with E-state index in [4.69, 9.17) is 16.3 Å². The van der Waals surface area contributed by atoms with Crippen molar-refractivity contribution in [2.75, 3.05) is 0 Å². The molecule has 0 saturated heterocycles. The number of aromatic carboxylic acids is 1. The van der Waals surface area contributed by atoms with Crippen LogP contribution in [0, 0.1) is 18.6 Å². The van der Waals surface area contributed by atoms with Crippen molar-refractivity contribution in [1.29, 1.82) is 0 Å². The molecule has 3 aromatic carbocycles. The molecule has 2 N–H and O–H groups in total. The number of hydrogen-bond donors (Lipinski definition) is 2. The molecule has 0 aliphatic rings. The molecule has 0 radical (unpaired) electrons. The lowest BCUT2D eigenvalue weighted by atomic mass is 10.0. The van der Waals surface area contributed by atoms with Crippen LogP contribution in [0.15, 0.2) is 48.5 Å². The number of imidazole rings is 1. The molecule has 0 spiro atoms. The zero-order chi connectivity index (χ0) is 20.7. The molecule has 0 fully saturated rings. The number of halogens is 3. The fraction of sp³-hybridized carbons (Fsp3) is 0.0476. The average molecular weight is 415 g/mol. The number of ether oxygens (including phenoxy) is 1. The number of nitrogens with one attached hydrogen (secondary N) is 1. The molecule has 4 rings (SSSR count). The van der Waals surface area contributed by atoms with Crippen LogP contribution in [0.2, 0.25) is 5.02 Å². The molecular formula is C21H13ClF2N2O3. The SMILES string of the molecule is Cc1ccc(Oc2nc3cc(-c4ccc(F)cc4F)c(Cl)cc3[nH]2)cc1C(=O)O. The molecular weight excluding hydrogens is 402 g/mol. The Balaban J connectivity index is 1.72. The number of carbonyl (C=O) groups is 1. The third-order valence-electron chi connectivity index (χ3n) is 4.42. The molecule has 0 atom stereocenters. The van der Waals surface area contributed by atoms with Crippen LogP contribution in [-0.4, -0.2) is 21.0 Å². The van der Waals surface area contributed by atoms with Crippen molar-refractivity contribution in [1.82, 2.24) is 9.97 Å². The molecule has 0 aliphatic carbocycles. The Morgan fingerprint density at radius 2 is 1.90 bits per heavy atom. The molecule has 0 bridgehead atoms. The highest BCUT2D eigenvalue weighted by Gasteiger charge is 2.15. The maximum Gasteiger partial charge on any atom is 0.336 e. The van der Waals surface area contributed by atoms with Gasteiger partial charge in [-0.25, -0.2) is 13.6 Å². The second kappa shape index (κ2) is 7.18. The number of nitrogens with zero attached hydrogens (tertiary/aromatic N) is 1. The minimum atomic E-state index is -1.06. The topological polar surface area (TPSA) is 75.2 Å². The minimum absolute atomic E-state index is 0.119. The molecule has 8 heteroatoms. The summed E-state index contributed by atoms with van der Waals surface area (Å²) in [6, 6.07) is 11.1. The first-order chi connectivity index (χ1) is 13.8. The molecule has 0 unspecified atom stereocenters. The van der Waals surface area contributed by atoms with E-state index in [2.05, 4.69) is 9.97 Å². The van der Waals surface area contributed by atoms with Crippen molar-refractivity contribution in [2.24, 2.45) is 0 Å². The van der Waals surface area contributed by atoms with E-state index in [1.165, 1.54) is 12.1 Å². The van der Waals surface area contributed by atoms with Crippen molar-refractivity contribution in [2.45, 2.75) is 6.92 Å². The molecule has 29 heavy (non-hydrogen) atoms. The Morgan fingerprint density at radius 1 is 1.10 bits per heavy atom. The van der Waals surface area contributed by atoms with Gasteiger partial charge in [-0.2, -0.15) is 4.98 Å². The lowest BCUT2D eigenvalue weighted by Crippen LogP contribution is -2.00. The van der Waals surface area contributed by atoms with Gasteiger partial charge in [-0.15, -0.1) is 0 Å². The largest absolute Gasteiger partial charge is 0.478 e. The van der Waals surface area contributed by atoms with Crippen LogP contribution in [0.25, 0.3) is 22.2 Å². The maximum atomic E-state index is 14.1. The van der Waals surface area contributed by atoms with Crippen LogP contribution in [0.3, 0.4) is 0 Å². The number of H-pyrrole nitrogens is 1. The quantitative estimate of drug-likeness (QED) is 0.432. The standard InChI is InChI=1S/C21H13ClF2N2O3/c1-10-2-4-12(7-14(10)20(27)28)29-21-25-18-8-15(16(22)9-19(18)26-21)13-5-3-11(23)6-17(13)24/h2-9H,1H3,(H,25,26)(H,27,28). The number of carboxylic acids is 1. The van der Waals surface area contributed by atoms with Crippen molar-refractivity contribution in [3.05, 3.63) is 76.3 Å². The van der Waals surface area contributed by atoms with Gasteiger partial charge < -0.3 is 14.8 Å². The fourth-order valence-corrected chi connectivity index (χ4v) is 3.24. The summed E-state index contributed by atoms with van der Waals surface area (Å²) in [5, 5.41) is 9.48. The van der Waals surface area contributed by atoms with Crippen LogP contribution in [0.1, 0.15) is 15.9 Å². The van der Waals surface area contributed by atoms with Gasteiger partial charge in [0.05, 0.1) is 21.6 Å². The molecule has 0 saturated carbocycles. The van der Waals surface area contributed by atoms with Gasteiger partial charge in [0.15, 0.2) is 0 Å². The zero-order valence-corrected chi connectivity index (χ0v) is 15.7. The third kappa shape index (κ3) is 3.64. The summed E-state index contributed by atoms with van der Waals surface area (Å²) in [5.41, 5.74) is 2.23. The normalized spacial score (nSPS) is 11.0. The van der Waals surface area contributed by atoms with Crippen LogP contribution in [-0.2, 0) is 0 Å². The summed E-state index contributed by atoms with van der Waals surface area (Å²) < 4.78 is 33.0. The predicted octanol–water partition coefficient (Wildman–Crippen LogP) is 5.96. The van der Waals surface area contributed by atoms with E-state index in [9.17, 15) is 18.7 Å². The zero-order valence-electron chi connectivity index (χ0n) is 15.0. The Kier molecular flexibility index (Phi) is 4.68. The van der Waals surface area contributed by atoms with E-state index in [1.807, 2.05) is 0 Å². The van der Waals surface area contributed by atoms with Crippen molar-refractivity contribution in [3.8, 4) is 22.9 Å². The fourth-order valence-electron chi connectivity index (χ4n) is 2.98. The van der Waals surface area contributed by atoms with Gasteiger partial charge in [0.2, 0.25) is 0 Å². The third-order valence-corrected chi connectivity index (χ3v) is 4.74. The summed E-state index contributed by atoms with van der Waals surface area (Å²) in [6.07, 6.45) is 0. The van der Waals surface area contributed by atoms with Crippen LogP contribution < -0.4 is 4.74 Å². The molecule has 0 amide bonds. The highest BCUT2D eigenvalue weighted by Crippen LogP contribution is 2.34. The monoisotopic (exact) mass is 414 g/mol. The second-order valence-corrected chi connectivity index (χ2v) is 6.81. The summed E-state index contributed by atoms with van der Waals surface area (Å²) in [5.74, 6) is -2.19. The first-order valence-electron chi connectivity index (χ1n) is 8.48. The van der Waals surface area contributed by atoms with Gasteiger partial charge >= 0.3 is 5.97 Å². The first-order valence-corrected chi connectivity index (χ1v) is 8.86.